The zero-order valence-corrected chi connectivity index (χ0v) is 14.7. The van der Waals surface area contributed by atoms with Crippen LogP contribution in [0.2, 0.25) is 0 Å². The molecular formula is C18H23F3N4O. The molecule has 0 aliphatic heterocycles. The van der Waals surface area contributed by atoms with Crippen molar-refractivity contribution in [2.45, 2.75) is 51.3 Å². The molecule has 0 bridgehead atoms. The van der Waals surface area contributed by atoms with Gasteiger partial charge in [0.05, 0.1) is 23.6 Å². The molecule has 0 radical (unpaired) electrons. The number of alkyl halides is 3. The van der Waals surface area contributed by atoms with Crippen LogP contribution in [-0.2, 0) is 6.18 Å². The van der Waals surface area contributed by atoms with Crippen molar-refractivity contribution in [3.8, 4) is 11.3 Å². The van der Waals surface area contributed by atoms with E-state index in [4.69, 9.17) is 10.8 Å². The molecule has 0 amide bonds. The Morgan fingerprint density at radius 1 is 1.15 bits per heavy atom. The van der Waals surface area contributed by atoms with Gasteiger partial charge in [-0.15, -0.1) is 0 Å². The fraction of sp³-hybridized carbons (Fsp3) is 0.556. The highest BCUT2D eigenvalue weighted by Gasteiger charge is 2.45. The number of aliphatic hydroxyl groups is 1. The van der Waals surface area contributed by atoms with E-state index in [0.29, 0.717) is 17.1 Å². The summed E-state index contributed by atoms with van der Waals surface area (Å²) in [6.45, 7) is 3.87. The number of nitrogens with one attached hydrogen (secondary N) is 1. The summed E-state index contributed by atoms with van der Waals surface area (Å²) in [6.07, 6.45) is 1.95. The number of aliphatic hydroxyl groups excluding tert-OH is 1. The van der Waals surface area contributed by atoms with Crippen molar-refractivity contribution in [1.82, 2.24) is 15.0 Å². The van der Waals surface area contributed by atoms with Crippen molar-refractivity contribution < 1.29 is 18.3 Å². The number of nitrogens with zero attached hydrogens (tertiary/aromatic N) is 2. The molecule has 2 aliphatic carbocycles. The lowest BCUT2D eigenvalue weighted by molar-refractivity contribution is -0.137. The Morgan fingerprint density at radius 3 is 2.27 bits per heavy atom. The van der Waals surface area contributed by atoms with E-state index in [-0.39, 0.29) is 12.0 Å². The van der Waals surface area contributed by atoms with Crippen molar-refractivity contribution in [3.05, 3.63) is 29.8 Å². The van der Waals surface area contributed by atoms with E-state index in [9.17, 15) is 13.2 Å². The maximum absolute atomic E-state index is 12.7. The third-order valence-electron chi connectivity index (χ3n) is 4.90. The quantitative estimate of drug-likeness (QED) is 0.748. The van der Waals surface area contributed by atoms with Gasteiger partial charge in [0.15, 0.2) is 0 Å². The minimum atomic E-state index is -4.52. The molecule has 142 valence electrons. The third kappa shape index (κ3) is 4.17. The number of hydrogen-bond donors (Lipinski definition) is 3. The van der Waals surface area contributed by atoms with Gasteiger partial charge < -0.3 is 15.8 Å². The molecule has 2 fully saturated rings. The monoisotopic (exact) mass is 368 g/mol. The highest BCUT2D eigenvalue weighted by atomic mass is 19.4. The molecule has 2 saturated carbocycles. The van der Waals surface area contributed by atoms with Crippen molar-refractivity contribution in [3.63, 3.8) is 0 Å². The lowest BCUT2D eigenvalue weighted by Gasteiger charge is -2.10. The number of fused-ring (bicyclic) bond motifs is 1. The second kappa shape index (κ2) is 6.90. The number of aromatic amines is 1. The number of H-pyrrole nitrogens is 1. The van der Waals surface area contributed by atoms with Gasteiger partial charge >= 0.3 is 6.18 Å². The van der Waals surface area contributed by atoms with Gasteiger partial charge in [0.25, 0.3) is 0 Å². The van der Waals surface area contributed by atoms with Crippen LogP contribution in [0.25, 0.3) is 11.3 Å². The molecule has 2 atom stereocenters. The summed E-state index contributed by atoms with van der Waals surface area (Å²) in [7, 11) is 0. The number of hydrogen-bond acceptors (Lipinski definition) is 4. The van der Waals surface area contributed by atoms with E-state index in [2.05, 4.69) is 15.0 Å². The maximum atomic E-state index is 12.7. The van der Waals surface area contributed by atoms with E-state index in [1.165, 1.54) is 18.8 Å². The molecule has 26 heavy (non-hydrogen) atoms. The van der Waals surface area contributed by atoms with E-state index in [1.807, 2.05) is 13.8 Å². The van der Waals surface area contributed by atoms with Crippen LogP contribution in [0.5, 0.6) is 0 Å². The highest BCUT2D eigenvalue weighted by Crippen LogP contribution is 2.51. The summed E-state index contributed by atoms with van der Waals surface area (Å²) in [5.74, 6) is 2.22. The Balaban J connectivity index is 0.000000229. The van der Waals surface area contributed by atoms with E-state index < -0.39 is 17.6 Å². The molecule has 2 aromatic rings. The van der Waals surface area contributed by atoms with Crippen LogP contribution in [0.15, 0.2) is 18.5 Å². The lowest BCUT2D eigenvalue weighted by atomic mass is 10.1. The number of imidazole rings is 1. The van der Waals surface area contributed by atoms with Gasteiger partial charge in [-0.25, -0.2) is 9.97 Å². The predicted octanol–water partition coefficient (Wildman–Crippen LogP) is 3.97. The molecule has 4 N–H and O–H groups in total. The Morgan fingerprint density at radius 2 is 1.81 bits per heavy atom. The molecule has 4 rings (SSSR count). The molecule has 0 saturated heterocycles. The maximum Gasteiger partial charge on any atom is 0.419 e. The summed E-state index contributed by atoms with van der Waals surface area (Å²) in [6, 6.07) is 0.972. The first-order valence-electron chi connectivity index (χ1n) is 8.71. The van der Waals surface area contributed by atoms with Gasteiger partial charge in [0, 0.05) is 17.7 Å². The smallest absolute Gasteiger partial charge is 0.393 e. The SMILES string of the molecule is CC(C)c1ncc(-c2cnc(N)c(C(F)(F)F)c2)[nH]1.OC1CC2CC2C1. The average Bonchev–Trinajstić information content (AvgIpc) is 2.98. The van der Waals surface area contributed by atoms with Gasteiger partial charge in [-0.2, -0.15) is 13.2 Å². The van der Waals surface area contributed by atoms with Crippen LogP contribution in [0.4, 0.5) is 19.0 Å². The van der Waals surface area contributed by atoms with Crippen LogP contribution in [-0.4, -0.2) is 26.2 Å². The lowest BCUT2D eigenvalue weighted by Crippen LogP contribution is -2.10. The third-order valence-corrected chi connectivity index (χ3v) is 4.90. The van der Waals surface area contributed by atoms with E-state index in [1.54, 1.807) is 0 Å². The number of nitrogen functional groups attached to an aromatic ring is 1. The standard InChI is InChI=1S/C12H13F3N4.C6H10O/c1-6(2)11-18-5-9(19-11)7-3-8(12(13,14)15)10(16)17-4-7;7-6-2-4-1-5(4)3-6/h3-6H,1-2H3,(H2,16,17)(H,18,19);4-7H,1-3H2. The minimum absolute atomic E-state index is 0.0729. The number of nitrogens with two attached hydrogens (primary N) is 1. The summed E-state index contributed by atoms with van der Waals surface area (Å²) in [5.41, 5.74) is 5.11. The Labute approximate surface area is 149 Å². The molecule has 0 spiro atoms. The number of pyridine rings is 1. The van der Waals surface area contributed by atoms with Gasteiger partial charge in [0.1, 0.15) is 11.6 Å². The Hall–Kier alpha value is -2.09. The molecule has 0 aromatic carbocycles. The van der Waals surface area contributed by atoms with Crippen molar-refractivity contribution >= 4 is 5.82 Å². The molecule has 2 aliphatic rings. The van der Waals surface area contributed by atoms with Crippen molar-refractivity contribution in [1.29, 1.82) is 0 Å². The number of rotatable bonds is 2. The van der Waals surface area contributed by atoms with Gasteiger partial charge in [0.2, 0.25) is 0 Å². The molecule has 2 unspecified atom stereocenters. The van der Waals surface area contributed by atoms with E-state index in [0.717, 1.165) is 30.7 Å². The second-order valence-corrected chi connectivity index (χ2v) is 7.37. The van der Waals surface area contributed by atoms with Crippen LogP contribution < -0.4 is 5.73 Å². The van der Waals surface area contributed by atoms with Crippen LogP contribution in [0.1, 0.15) is 50.4 Å². The molecule has 2 heterocycles. The highest BCUT2D eigenvalue weighted by molar-refractivity contribution is 5.61. The van der Waals surface area contributed by atoms with Gasteiger partial charge in [-0.05, 0) is 37.2 Å². The molecule has 2 aromatic heterocycles. The molecule has 8 heteroatoms. The predicted molar refractivity (Wildman–Crippen MR) is 92.2 cm³/mol. The van der Waals surface area contributed by atoms with Crippen LogP contribution in [0, 0.1) is 11.8 Å². The number of anilines is 1. The zero-order valence-electron chi connectivity index (χ0n) is 14.7. The zero-order chi connectivity index (χ0) is 19.1. The first kappa shape index (κ1) is 18.7. The fourth-order valence-corrected chi connectivity index (χ4v) is 3.31. The minimum Gasteiger partial charge on any atom is -0.393 e. The van der Waals surface area contributed by atoms with Crippen LogP contribution in [0.3, 0.4) is 0 Å². The molecule has 5 nitrogen and oxygen atoms in total. The number of halogens is 3. The van der Waals surface area contributed by atoms with Crippen LogP contribution >= 0.6 is 0 Å². The van der Waals surface area contributed by atoms with Crippen molar-refractivity contribution in [2.24, 2.45) is 11.8 Å². The van der Waals surface area contributed by atoms with Gasteiger partial charge in [-0.3, -0.25) is 0 Å². The van der Waals surface area contributed by atoms with Gasteiger partial charge in [-0.1, -0.05) is 13.8 Å². The topological polar surface area (TPSA) is 87.8 Å². The normalized spacial score (nSPS) is 24.2. The summed E-state index contributed by atoms with van der Waals surface area (Å²) in [4.78, 5) is 10.7. The average molecular weight is 368 g/mol. The first-order chi connectivity index (χ1) is 12.1. The summed E-state index contributed by atoms with van der Waals surface area (Å²) >= 11 is 0. The first-order valence-corrected chi connectivity index (χ1v) is 8.71. The summed E-state index contributed by atoms with van der Waals surface area (Å²) in [5, 5.41) is 8.93. The Bertz CT molecular complexity index is 762. The number of aromatic nitrogens is 3. The Kier molecular flexibility index (Phi) is 4.96. The second-order valence-electron chi connectivity index (χ2n) is 7.37. The molecular weight excluding hydrogens is 345 g/mol. The fourth-order valence-electron chi connectivity index (χ4n) is 3.31. The van der Waals surface area contributed by atoms with E-state index >= 15 is 0 Å². The largest absolute Gasteiger partial charge is 0.419 e. The summed E-state index contributed by atoms with van der Waals surface area (Å²) < 4.78 is 38.2. The van der Waals surface area contributed by atoms with Crippen molar-refractivity contribution in [2.75, 3.05) is 5.73 Å².